The van der Waals surface area contributed by atoms with E-state index in [0.29, 0.717) is 21.3 Å². The van der Waals surface area contributed by atoms with E-state index in [0.717, 1.165) is 0 Å². The van der Waals surface area contributed by atoms with Crippen molar-refractivity contribution in [1.82, 2.24) is 4.98 Å². The predicted octanol–water partition coefficient (Wildman–Crippen LogP) is 2.26. The molecule has 2 N–H and O–H groups in total. The molecule has 2 aromatic rings. The number of hydrogen-bond donors (Lipinski definition) is 2. The van der Waals surface area contributed by atoms with Gasteiger partial charge in [-0.25, -0.2) is 0 Å². The van der Waals surface area contributed by atoms with Crippen molar-refractivity contribution >= 4 is 27.5 Å². The van der Waals surface area contributed by atoms with Gasteiger partial charge in [-0.15, -0.1) is 0 Å². The van der Waals surface area contributed by atoms with E-state index in [2.05, 4.69) is 26.2 Å². The molecular weight excluding hydrogens is 310 g/mol. The van der Waals surface area contributed by atoms with E-state index < -0.39 is 0 Å². The lowest BCUT2D eigenvalue weighted by atomic mass is 10.2. The quantitative estimate of drug-likeness (QED) is 0.890. The van der Waals surface area contributed by atoms with E-state index in [9.17, 15) is 9.59 Å². The van der Waals surface area contributed by atoms with Gasteiger partial charge in [0.25, 0.3) is 5.91 Å². The van der Waals surface area contributed by atoms with Gasteiger partial charge in [0.15, 0.2) is 0 Å². The molecule has 0 unspecified atom stereocenters. The molecule has 1 amide bonds. The summed E-state index contributed by atoms with van der Waals surface area (Å²) in [6.45, 7) is 0. The average Bonchev–Trinajstić information content (AvgIpc) is 2.41. The second-order valence-corrected chi connectivity index (χ2v) is 4.56. The highest BCUT2D eigenvalue weighted by molar-refractivity contribution is 9.10. The van der Waals surface area contributed by atoms with E-state index in [1.165, 1.54) is 18.3 Å². The van der Waals surface area contributed by atoms with Crippen molar-refractivity contribution < 1.29 is 4.79 Å². The van der Waals surface area contributed by atoms with Gasteiger partial charge in [-0.2, -0.15) is 5.26 Å². The molecule has 19 heavy (non-hydrogen) atoms. The third-order valence-corrected chi connectivity index (χ3v) is 3.05. The van der Waals surface area contributed by atoms with E-state index in [1.807, 2.05) is 6.07 Å². The molecule has 0 radical (unpaired) electrons. The molecule has 0 saturated carbocycles. The van der Waals surface area contributed by atoms with Gasteiger partial charge in [-0.3, -0.25) is 9.59 Å². The van der Waals surface area contributed by atoms with Crippen LogP contribution >= 0.6 is 15.9 Å². The molecule has 1 aromatic carbocycles. The number of aromatic amines is 1. The van der Waals surface area contributed by atoms with E-state index in [-0.39, 0.29) is 11.5 Å². The minimum Gasteiger partial charge on any atom is -0.328 e. The number of benzene rings is 1. The summed E-state index contributed by atoms with van der Waals surface area (Å²) in [5.74, 6) is -0.346. The van der Waals surface area contributed by atoms with Crippen molar-refractivity contribution in [2.24, 2.45) is 0 Å². The number of halogens is 1. The normalized spacial score (nSPS) is 9.68. The van der Waals surface area contributed by atoms with Gasteiger partial charge in [-0.1, -0.05) is 0 Å². The SMILES string of the molecule is N#Cc1ccc(NC(=O)c2ccc(=O)[nH]c2)c(Br)c1. The molecule has 0 spiro atoms. The van der Waals surface area contributed by atoms with Crippen LogP contribution in [-0.4, -0.2) is 10.9 Å². The first-order valence-electron chi connectivity index (χ1n) is 5.30. The number of carbonyl (C=O) groups is 1. The maximum atomic E-state index is 11.9. The van der Waals surface area contributed by atoms with Crippen LogP contribution in [0.3, 0.4) is 0 Å². The number of H-pyrrole nitrogens is 1. The maximum Gasteiger partial charge on any atom is 0.257 e. The summed E-state index contributed by atoms with van der Waals surface area (Å²) >= 11 is 3.28. The van der Waals surface area contributed by atoms with Crippen LogP contribution in [-0.2, 0) is 0 Å². The van der Waals surface area contributed by atoms with Crippen molar-refractivity contribution in [2.45, 2.75) is 0 Å². The van der Waals surface area contributed by atoms with E-state index in [1.54, 1.807) is 18.2 Å². The van der Waals surface area contributed by atoms with Crippen LogP contribution < -0.4 is 10.9 Å². The highest BCUT2D eigenvalue weighted by Gasteiger charge is 2.08. The van der Waals surface area contributed by atoms with Gasteiger partial charge in [0, 0.05) is 16.7 Å². The van der Waals surface area contributed by atoms with Gasteiger partial charge in [0.05, 0.1) is 22.9 Å². The first-order chi connectivity index (χ1) is 9.10. The monoisotopic (exact) mass is 317 g/mol. The summed E-state index contributed by atoms with van der Waals surface area (Å²) < 4.78 is 0.615. The van der Waals surface area contributed by atoms with Crippen LogP contribution in [0, 0.1) is 11.3 Å². The van der Waals surface area contributed by atoms with Crippen molar-refractivity contribution in [2.75, 3.05) is 5.32 Å². The Kier molecular flexibility index (Phi) is 3.78. The molecule has 1 heterocycles. The molecule has 6 heteroatoms. The topological polar surface area (TPSA) is 85.8 Å². The Labute approximate surface area is 117 Å². The van der Waals surface area contributed by atoms with Crippen LogP contribution in [0.4, 0.5) is 5.69 Å². The smallest absolute Gasteiger partial charge is 0.257 e. The Balaban J connectivity index is 2.22. The van der Waals surface area contributed by atoms with Crippen molar-refractivity contribution in [1.29, 1.82) is 5.26 Å². The van der Waals surface area contributed by atoms with Crippen LogP contribution in [0.1, 0.15) is 15.9 Å². The summed E-state index contributed by atoms with van der Waals surface area (Å²) in [5.41, 5.74) is 1.12. The standard InChI is InChI=1S/C13H8BrN3O2/c14-10-5-8(6-15)1-3-11(10)17-13(19)9-2-4-12(18)16-7-9/h1-5,7H,(H,16,18)(H,17,19). The van der Waals surface area contributed by atoms with E-state index in [4.69, 9.17) is 5.26 Å². The summed E-state index contributed by atoms with van der Waals surface area (Å²) in [7, 11) is 0. The number of anilines is 1. The molecule has 0 aliphatic carbocycles. The zero-order valence-electron chi connectivity index (χ0n) is 9.61. The first kappa shape index (κ1) is 13.1. The van der Waals surface area contributed by atoms with Crippen molar-refractivity contribution in [3.05, 3.63) is 62.5 Å². The van der Waals surface area contributed by atoms with Gasteiger partial charge in [0.1, 0.15) is 0 Å². The minimum absolute atomic E-state index is 0.267. The third kappa shape index (κ3) is 3.09. The summed E-state index contributed by atoms with van der Waals surface area (Å²) in [6, 6.07) is 9.57. The second-order valence-electron chi connectivity index (χ2n) is 3.70. The molecule has 0 saturated heterocycles. The Bertz CT molecular complexity index is 711. The Morgan fingerprint density at radius 2 is 2.11 bits per heavy atom. The number of pyridine rings is 1. The Hall–Kier alpha value is -2.39. The molecule has 94 valence electrons. The number of nitrogens with zero attached hydrogens (tertiary/aromatic N) is 1. The van der Waals surface area contributed by atoms with E-state index >= 15 is 0 Å². The number of carbonyl (C=O) groups excluding carboxylic acids is 1. The van der Waals surface area contributed by atoms with Crippen LogP contribution in [0.25, 0.3) is 0 Å². The maximum absolute atomic E-state index is 11.9. The number of hydrogen-bond acceptors (Lipinski definition) is 3. The number of rotatable bonds is 2. The summed E-state index contributed by atoms with van der Waals surface area (Å²) in [6.07, 6.45) is 1.34. The van der Waals surface area contributed by atoms with Gasteiger partial charge in [0.2, 0.25) is 5.56 Å². The zero-order valence-corrected chi connectivity index (χ0v) is 11.2. The van der Waals surface area contributed by atoms with Crippen molar-refractivity contribution in [3.8, 4) is 6.07 Å². The number of nitrogens with one attached hydrogen (secondary N) is 2. The number of aromatic nitrogens is 1. The molecular formula is C13H8BrN3O2. The average molecular weight is 318 g/mol. The molecule has 0 atom stereocenters. The lowest BCUT2D eigenvalue weighted by molar-refractivity contribution is 0.102. The number of amides is 1. The largest absolute Gasteiger partial charge is 0.328 e. The Morgan fingerprint density at radius 3 is 2.68 bits per heavy atom. The number of nitriles is 1. The third-order valence-electron chi connectivity index (χ3n) is 2.39. The fourth-order valence-corrected chi connectivity index (χ4v) is 1.91. The van der Waals surface area contributed by atoms with Gasteiger partial charge in [-0.05, 0) is 40.2 Å². The van der Waals surface area contributed by atoms with Crippen LogP contribution in [0.15, 0.2) is 45.8 Å². The highest BCUT2D eigenvalue weighted by Crippen LogP contribution is 2.23. The second kappa shape index (κ2) is 5.50. The van der Waals surface area contributed by atoms with Crippen molar-refractivity contribution in [3.63, 3.8) is 0 Å². The molecule has 0 fully saturated rings. The Morgan fingerprint density at radius 1 is 1.32 bits per heavy atom. The first-order valence-corrected chi connectivity index (χ1v) is 6.09. The molecule has 2 rings (SSSR count). The molecule has 0 aliphatic heterocycles. The highest BCUT2D eigenvalue weighted by atomic mass is 79.9. The molecule has 0 bridgehead atoms. The van der Waals surface area contributed by atoms with Crippen LogP contribution in [0.5, 0.6) is 0 Å². The molecule has 1 aromatic heterocycles. The van der Waals surface area contributed by atoms with Gasteiger partial charge >= 0.3 is 0 Å². The fraction of sp³-hybridized carbons (Fsp3) is 0. The molecule has 5 nitrogen and oxygen atoms in total. The predicted molar refractivity (Wildman–Crippen MR) is 73.9 cm³/mol. The lowest BCUT2D eigenvalue weighted by Crippen LogP contribution is -2.14. The minimum atomic E-state index is -0.346. The summed E-state index contributed by atoms with van der Waals surface area (Å²) in [4.78, 5) is 25.2. The fourth-order valence-electron chi connectivity index (χ4n) is 1.43. The van der Waals surface area contributed by atoms with Crippen LogP contribution in [0.2, 0.25) is 0 Å². The lowest BCUT2D eigenvalue weighted by Gasteiger charge is -2.07. The van der Waals surface area contributed by atoms with Gasteiger partial charge < -0.3 is 10.3 Å². The summed E-state index contributed by atoms with van der Waals surface area (Å²) in [5, 5.41) is 11.4. The molecule has 0 aliphatic rings. The zero-order chi connectivity index (χ0) is 13.8.